The lowest BCUT2D eigenvalue weighted by atomic mass is 10.3. The quantitative estimate of drug-likeness (QED) is 0.645. The molecular formula is C9H15NO2S. The first-order valence-electron chi connectivity index (χ1n) is 4.52. The van der Waals surface area contributed by atoms with Crippen molar-refractivity contribution in [3.63, 3.8) is 0 Å². The van der Waals surface area contributed by atoms with Crippen LogP contribution in [0.2, 0.25) is 0 Å². The molecule has 2 unspecified atom stereocenters. The maximum Gasteiger partial charge on any atom is 0.242 e. The molecular weight excluding hydrogens is 186 g/mol. The average molecular weight is 201 g/mol. The van der Waals surface area contributed by atoms with E-state index in [9.17, 15) is 9.59 Å². The number of thioether (sulfide) groups is 1. The molecule has 0 saturated carbocycles. The number of likely N-dealkylation sites (tertiary alicyclic amines) is 1. The Bertz CT molecular complexity index is 230. The van der Waals surface area contributed by atoms with Gasteiger partial charge in [-0.3, -0.25) is 14.5 Å². The van der Waals surface area contributed by atoms with E-state index in [1.165, 1.54) is 4.90 Å². The van der Waals surface area contributed by atoms with Crippen LogP contribution in [0.3, 0.4) is 0 Å². The third-order valence-electron chi connectivity index (χ3n) is 2.31. The van der Waals surface area contributed by atoms with Gasteiger partial charge in [-0.25, -0.2) is 0 Å². The predicted octanol–water partition coefficient (Wildman–Crippen LogP) is 1.28. The summed E-state index contributed by atoms with van der Waals surface area (Å²) in [6.45, 7) is 4.17. The number of imide groups is 1. The lowest BCUT2D eigenvalue weighted by Crippen LogP contribution is -2.27. The molecule has 1 fully saturated rings. The standard InChI is InChI=1S/C9H15NO2S/c1-4-6(2)13-7-5-8(11)10(3)9(7)12/h6-7H,4-5H2,1-3H3. The van der Waals surface area contributed by atoms with Gasteiger partial charge in [0.15, 0.2) is 0 Å². The zero-order chi connectivity index (χ0) is 10.0. The third kappa shape index (κ3) is 2.24. The van der Waals surface area contributed by atoms with Gasteiger partial charge in [0.05, 0.1) is 5.25 Å². The summed E-state index contributed by atoms with van der Waals surface area (Å²) in [4.78, 5) is 23.8. The molecule has 0 aromatic heterocycles. The Kier molecular flexibility index (Phi) is 3.36. The van der Waals surface area contributed by atoms with E-state index in [1.54, 1.807) is 18.8 Å². The Hall–Kier alpha value is -0.510. The number of rotatable bonds is 3. The molecule has 2 atom stereocenters. The fourth-order valence-electron chi connectivity index (χ4n) is 1.20. The number of amides is 2. The zero-order valence-electron chi connectivity index (χ0n) is 8.24. The lowest BCUT2D eigenvalue weighted by Gasteiger charge is -2.12. The summed E-state index contributed by atoms with van der Waals surface area (Å²) < 4.78 is 0. The van der Waals surface area contributed by atoms with Gasteiger partial charge in [0.1, 0.15) is 0 Å². The van der Waals surface area contributed by atoms with E-state index in [0.717, 1.165) is 6.42 Å². The van der Waals surface area contributed by atoms with Gasteiger partial charge in [0.2, 0.25) is 11.8 Å². The second kappa shape index (κ2) is 4.13. The van der Waals surface area contributed by atoms with Gasteiger partial charge in [0, 0.05) is 18.7 Å². The van der Waals surface area contributed by atoms with E-state index in [1.807, 2.05) is 0 Å². The number of nitrogens with zero attached hydrogens (tertiary/aromatic N) is 1. The van der Waals surface area contributed by atoms with Gasteiger partial charge >= 0.3 is 0 Å². The van der Waals surface area contributed by atoms with E-state index < -0.39 is 0 Å². The maximum atomic E-state index is 11.5. The van der Waals surface area contributed by atoms with Crippen LogP contribution < -0.4 is 0 Å². The van der Waals surface area contributed by atoms with Crippen LogP contribution in [0.15, 0.2) is 0 Å². The van der Waals surface area contributed by atoms with Gasteiger partial charge in [-0.1, -0.05) is 13.8 Å². The zero-order valence-corrected chi connectivity index (χ0v) is 9.06. The van der Waals surface area contributed by atoms with Gasteiger partial charge in [-0.15, -0.1) is 11.8 Å². The summed E-state index contributed by atoms with van der Waals surface area (Å²) >= 11 is 1.61. The minimum atomic E-state index is -0.132. The van der Waals surface area contributed by atoms with E-state index in [2.05, 4.69) is 13.8 Å². The molecule has 0 aromatic rings. The van der Waals surface area contributed by atoms with Crippen LogP contribution in [0.1, 0.15) is 26.7 Å². The third-order valence-corrected chi connectivity index (χ3v) is 3.81. The molecule has 3 nitrogen and oxygen atoms in total. The van der Waals surface area contributed by atoms with Crippen molar-refractivity contribution in [2.45, 2.75) is 37.2 Å². The van der Waals surface area contributed by atoms with Gasteiger partial charge in [-0.05, 0) is 6.42 Å². The molecule has 1 saturated heterocycles. The SMILES string of the molecule is CCC(C)SC1CC(=O)N(C)C1=O. The van der Waals surface area contributed by atoms with Crippen molar-refractivity contribution in [3.05, 3.63) is 0 Å². The minimum Gasteiger partial charge on any atom is -0.285 e. The lowest BCUT2D eigenvalue weighted by molar-refractivity contribution is -0.136. The Morgan fingerprint density at radius 1 is 1.62 bits per heavy atom. The second-order valence-electron chi connectivity index (χ2n) is 3.34. The van der Waals surface area contributed by atoms with Crippen LogP contribution in [-0.2, 0) is 9.59 Å². The smallest absolute Gasteiger partial charge is 0.242 e. The monoisotopic (exact) mass is 201 g/mol. The first kappa shape index (κ1) is 10.6. The molecule has 74 valence electrons. The van der Waals surface area contributed by atoms with E-state index >= 15 is 0 Å². The molecule has 1 aliphatic heterocycles. The molecule has 0 radical (unpaired) electrons. The van der Waals surface area contributed by atoms with Crippen LogP contribution in [0.25, 0.3) is 0 Å². The predicted molar refractivity (Wildman–Crippen MR) is 53.5 cm³/mol. The van der Waals surface area contributed by atoms with Crippen LogP contribution in [-0.4, -0.2) is 34.3 Å². The number of hydrogen-bond donors (Lipinski definition) is 0. The number of carbonyl (C=O) groups excluding carboxylic acids is 2. The molecule has 0 spiro atoms. The van der Waals surface area contributed by atoms with Crippen LogP contribution in [0, 0.1) is 0 Å². The summed E-state index contributed by atoms with van der Waals surface area (Å²) in [5.41, 5.74) is 0. The molecule has 4 heteroatoms. The normalized spacial score (nSPS) is 25.5. The molecule has 13 heavy (non-hydrogen) atoms. The van der Waals surface area contributed by atoms with Crippen LogP contribution in [0.5, 0.6) is 0 Å². The van der Waals surface area contributed by atoms with E-state index in [-0.39, 0.29) is 17.1 Å². The Morgan fingerprint density at radius 2 is 2.23 bits per heavy atom. The van der Waals surface area contributed by atoms with Crippen molar-refractivity contribution < 1.29 is 9.59 Å². The van der Waals surface area contributed by atoms with Crippen molar-refractivity contribution in [1.29, 1.82) is 0 Å². The van der Waals surface area contributed by atoms with Gasteiger partial charge in [-0.2, -0.15) is 0 Å². The maximum absolute atomic E-state index is 11.5. The molecule has 0 aromatic carbocycles. The van der Waals surface area contributed by atoms with Crippen molar-refractivity contribution in [2.75, 3.05) is 7.05 Å². The molecule has 0 bridgehead atoms. The fourth-order valence-corrected chi connectivity index (χ4v) is 2.47. The highest BCUT2D eigenvalue weighted by molar-refractivity contribution is 8.01. The number of carbonyl (C=O) groups is 2. The molecule has 2 amide bonds. The fraction of sp³-hybridized carbons (Fsp3) is 0.778. The Morgan fingerprint density at radius 3 is 2.62 bits per heavy atom. The topological polar surface area (TPSA) is 37.4 Å². The van der Waals surface area contributed by atoms with Crippen molar-refractivity contribution in [3.8, 4) is 0 Å². The second-order valence-corrected chi connectivity index (χ2v) is 4.98. The van der Waals surface area contributed by atoms with E-state index in [0.29, 0.717) is 11.7 Å². The highest BCUT2D eigenvalue weighted by Crippen LogP contribution is 2.28. The summed E-state index contributed by atoms with van der Waals surface area (Å²) in [5, 5.41) is 0.320. The van der Waals surface area contributed by atoms with E-state index in [4.69, 9.17) is 0 Å². The largest absolute Gasteiger partial charge is 0.285 e. The first-order valence-corrected chi connectivity index (χ1v) is 5.46. The molecule has 0 N–H and O–H groups in total. The van der Waals surface area contributed by atoms with Crippen LogP contribution >= 0.6 is 11.8 Å². The molecule has 1 rings (SSSR count). The summed E-state index contributed by atoms with van der Waals surface area (Å²) in [6.07, 6.45) is 1.41. The summed E-state index contributed by atoms with van der Waals surface area (Å²) in [5.74, 6) is -0.0823. The van der Waals surface area contributed by atoms with Crippen molar-refractivity contribution in [2.24, 2.45) is 0 Å². The van der Waals surface area contributed by atoms with Crippen molar-refractivity contribution >= 4 is 23.6 Å². The Balaban J connectivity index is 2.54. The highest BCUT2D eigenvalue weighted by atomic mass is 32.2. The number of hydrogen-bond acceptors (Lipinski definition) is 3. The molecule has 1 aliphatic rings. The first-order chi connectivity index (χ1) is 6.06. The average Bonchev–Trinajstić information content (AvgIpc) is 2.34. The minimum absolute atomic E-state index is 0.0321. The summed E-state index contributed by atoms with van der Waals surface area (Å²) in [6, 6.07) is 0. The van der Waals surface area contributed by atoms with Crippen LogP contribution in [0.4, 0.5) is 0 Å². The Labute approximate surface area is 82.9 Å². The van der Waals surface area contributed by atoms with Crippen molar-refractivity contribution in [1.82, 2.24) is 4.90 Å². The van der Waals surface area contributed by atoms with Gasteiger partial charge in [0.25, 0.3) is 0 Å². The molecule has 1 heterocycles. The molecule has 0 aliphatic carbocycles. The summed E-state index contributed by atoms with van der Waals surface area (Å²) in [7, 11) is 1.56. The highest BCUT2D eigenvalue weighted by Gasteiger charge is 2.36. The van der Waals surface area contributed by atoms with Gasteiger partial charge < -0.3 is 0 Å².